The summed E-state index contributed by atoms with van der Waals surface area (Å²) in [6.45, 7) is 4.13. The van der Waals surface area contributed by atoms with Crippen molar-refractivity contribution >= 4 is 17.4 Å². The summed E-state index contributed by atoms with van der Waals surface area (Å²) in [5, 5.41) is 11.6. The minimum absolute atomic E-state index is 0.124. The number of hydrogen-bond acceptors (Lipinski definition) is 4. The van der Waals surface area contributed by atoms with Gasteiger partial charge in [-0.2, -0.15) is 0 Å². The largest absolute Gasteiger partial charge is 0.355 e. The van der Waals surface area contributed by atoms with Gasteiger partial charge in [0.1, 0.15) is 0 Å². The first kappa shape index (κ1) is 17.2. The number of carbonyl (C=O) groups is 1. The monoisotopic (exact) mass is 358 g/mol. The van der Waals surface area contributed by atoms with Crippen molar-refractivity contribution in [3.8, 4) is 11.3 Å². The number of nitrogens with one attached hydrogen (secondary N) is 1. The molecule has 27 heavy (non-hydrogen) atoms. The molecule has 0 atom stereocenters. The zero-order valence-electron chi connectivity index (χ0n) is 15.4. The van der Waals surface area contributed by atoms with Crippen LogP contribution in [0.1, 0.15) is 28.8 Å². The minimum Gasteiger partial charge on any atom is -0.355 e. The van der Waals surface area contributed by atoms with Crippen LogP contribution in [0.5, 0.6) is 0 Å². The van der Waals surface area contributed by atoms with Crippen LogP contribution >= 0.6 is 0 Å². The Morgan fingerprint density at radius 1 is 0.889 bits per heavy atom. The number of aromatic nitrogens is 2. The number of carbonyl (C=O) groups excluding carboxylic acids is 1. The van der Waals surface area contributed by atoms with Crippen LogP contribution in [0, 0.1) is 6.92 Å². The second-order valence-electron chi connectivity index (χ2n) is 6.87. The molecule has 4 rings (SSSR count). The van der Waals surface area contributed by atoms with Crippen LogP contribution in [0.15, 0.2) is 60.7 Å². The summed E-state index contributed by atoms with van der Waals surface area (Å²) < 4.78 is 0. The number of amides is 1. The lowest BCUT2D eigenvalue weighted by atomic mass is 10.1. The van der Waals surface area contributed by atoms with Gasteiger partial charge in [0.2, 0.25) is 0 Å². The molecule has 3 aromatic rings. The van der Waals surface area contributed by atoms with Gasteiger partial charge in [-0.3, -0.25) is 4.79 Å². The number of rotatable bonds is 4. The van der Waals surface area contributed by atoms with Crippen LogP contribution in [-0.4, -0.2) is 29.2 Å². The average Bonchev–Trinajstić information content (AvgIpc) is 3.25. The average molecular weight is 358 g/mol. The SMILES string of the molecule is Cc1ccc(NC(=O)c2ccc(-c3ccc(N4CCCC4)nn3)cc2)cc1. The van der Waals surface area contributed by atoms with Gasteiger partial charge in [0.15, 0.2) is 5.82 Å². The molecule has 1 aliphatic rings. The van der Waals surface area contributed by atoms with E-state index in [1.54, 1.807) is 0 Å². The molecule has 0 radical (unpaired) electrons. The van der Waals surface area contributed by atoms with E-state index in [-0.39, 0.29) is 5.91 Å². The Bertz CT molecular complexity index is 912. The Labute approximate surface area is 159 Å². The van der Waals surface area contributed by atoms with Gasteiger partial charge < -0.3 is 10.2 Å². The fraction of sp³-hybridized carbons (Fsp3) is 0.227. The first-order valence-electron chi connectivity index (χ1n) is 9.26. The Morgan fingerprint density at radius 3 is 2.22 bits per heavy atom. The Kier molecular flexibility index (Phi) is 4.83. The molecule has 1 fully saturated rings. The fourth-order valence-corrected chi connectivity index (χ4v) is 3.23. The molecule has 0 unspecified atom stereocenters. The highest BCUT2D eigenvalue weighted by atomic mass is 16.1. The van der Waals surface area contributed by atoms with E-state index in [0.717, 1.165) is 41.4 Å². The quantitative estimate of drug-likeness (QED) is 0.755. The first-order valence-corrected chi connectivity index (χ1v) is 9.26. The van der Waals surface area contributed by atoms with Crippen LogP contribution in [0.2, 0.25) is 0 Å². The molecular formula is C22H22N4O. The van der Waals surface area contributed by atoms with Gasteiger partial charge >= 0.3 is 0 Å². The third kappa shape index (κ3) is 3.97. The lowest BCUT2D eigenvalue weighted by Crippen LogP contribution is -2.19. The van der Waals surface area contributed by atoms with E-state index in [9.17, 15) is 4.79 Å². The van der Waals surface area contributed by atoms with Gasteiger partial charge in [-0.25, -0.2) is 0 Å². The maximum atomic E-state index is 12.4. The van der Waals surface area contributed by atoms with Gasteiger partial charge in [0.05, 0.1) is 5.69 Å². The van der Waals surface area contributed by atoms with Crippen molar-refractivity contribution < 1.29 is 4.79 Å². The van der Waals surface area contributed by atoms with Crippen molar-refractivity contribution in [2.24, 2.45) is 0 Å². The Balaban J connectivity index is 1.45. The summed E-state index contributed by atoms with van der Waals surface area (Å²) in [4.78, 5) is 14.7. The van der Waals surface area contributed by atoms with Crippen LogP contribution in [0.4, 0.5) is 11.5 Å². The molecule has 5 nitrogen and oxygen atoms in total. The van der Waals surface area contributed by atoms with E-state index >= 15 is 0 Å². The zero-order valence-corrected chi connectivity index (χ0v) is 15.4. The highest BCUT2D eigenvalue weighted by Gasteiger charge is 2.14. The van der Waals surface area contributed by atoms with Crippen LogP contribution in [0.3, 0.4) is 0 Å². The van der Waals surface area contributed by atoms with Gasteiger partial charge in [-0.1, -0.05) is 29.8 Å². The van der Waals surface area contributed by atoms with Crippen molar-refractivity contribution in [3.05, 3.63) is 71.8 Å². The lowest BCUT2D eigenvalue weighted by Gasteiger charge is -2.15. The van der Waals surface area contributed by atoms with Crippen molar-refractivity contribution in [3.63, 3.8) is 0 Å². The zero-order chi connectivity index (χ0) is 18.6. The third-order valence-corrected chi connectivity index (χ3v) is 4.83. The third-order valence-electron chi connectivity index (χ3n) is 4.83. The minimum atomic E-state index is -0.124. The van der Waals surface area contributed by atoms with Gasteiger partial charge in [0.25, 0.3) is 5.91 Å². The molecule has 0 bridgehead atoms. The maximum Gasteiger partial charge on any atom is 0.255 e. The Hall–Kier alpha value is -3.21. The molecular weight excluding hydrogens is 336 g/mol. The fourth-order valence-electron chi connectivity index (χ4n) is 3.23. The second-order valence-corrected chi connectivity index (χ2v) is 6.87. The van der Waals surface area contributed by atoms with Crippen molar-refractivity contribution in [2.45, 2.75) is 19.8 Å². The summed E-state index contributed by atoms with van der Waals surface area (Å²) in [6, 6.07) is 19.2. The number of nitrogens with zero attached hydrogens (tertiary/aromatic N) is 3. The highest BCUT2D eigenvalue weighted by Crippen LogP contribution is 2.21. The highest BCUT2D eigenvalue weighted by molar-refractivity contribution is 6.04. The predicted molar refractivity (Wildman–Crippen MR) is 108 cm³/mol. The van der Waals surface area contributed by atoms with Crippen molar-refractivity contribution in [2.75, 3.05) is 23.3 Å². The molecule has 0 saturated carbocycles. The standard InChI is InChI=1S/C22H22N4O/c1-16-4-10-19(11-5-16)23-22(27)18-8-6-17(7-9-18)20-12-13-21(25-24-20)26-14-2-3-15-26/h4-13H,2-3,14-15H2,1H3,(H,23,27). The van der Waals surface area contributed by atoms with E-state index in [1.807, 2.05) is 67.6 Å². The summed E-state index contributed by atoms with van der Waals surface area (Å²) in [6.07, 6.45) is 2.44. The summed E-state index contributed by atoms with van der Waals surface area (Å²) in [5.74, 6) is 0.811. The van der Waals surface area contributed by atoms with Crippen molar-refractivity contribution in [1.82, 2.24) is 10.2 Å². The van der Waals surface area contributed by atoms with Gasteiger partial charge in [0, 0.05) is 29.9 Å². The van der Waals surface area contributed by atoms with E-state index < -0.39 is 0 Å². The molecule has 136 valence electrons. The summed E-state index contributed by atoms with van der Waals surface area (Å²) in [5.41, 5.74) is 4.32. The number of anilines is 2. The molecule has 1 aromatic heterocycles. The molecule has 0 spiro atoms. The molecule has 5 heteroatoms. The molecule has 0 aliphatic carbocycles. The molecule has 1 N–H and O–H groups in total. The Morgan fingerprint density at radius 2 is 1.59 bits per heavy atom. The molecule has 2 heterocycles. The lowest BCUT2D eigenvalue weighted by molar-refractivity contribution is 0.102. The van der Waals surface area contributed by atoms with Crippen LogP contribution in [0.25, 0.3) is 11.3 Å². The second kappa shape index (κ2) is 7.58. The molecule has 2 aromatic carbocycles. The van der Waals surface area contributed by atoms with Crippen LogP contribution < -0.4 is 10.2 Å². The van der Waals surface area contributed by atoms with Gasteiger partial charge in [-0.15, -0.1) is 10.2 Å². The molecule has 1 aliphatic heterocycles. The molecule has 1 amide bonds. The van der Waals surface area contributed by atoms with E-state index in [2.05, 4.69) is 20.4 Å². The predicted octanol–water partition coefficient (Wildman–Crippen LogP) is 4.30. The number of hydrogen-bond donors (Lipinski definition) is 1. The maximum absolute atomic E-state index is 12.4. The first-order chi connectivity index (χ1) is 13.2. The van der Waals surface area contributed by atoms with Crippen molar-refractivity contribution in [1.29, 1.82) is 0 Å². The summed E-state index contributed by atoms with van der Waals surface area (Å²) in [7, 11) is 0. The van der Waals surface area contributed by atoms with E-state index in [0.29, 0.717) is 5.56 Å². The number of aryl methyl sites for hydroxylation is 1. The van der Waals surface area contributed by atoms with Gasteiger partial charge in [-0.05, 0) is 56.2 Å². The van der Waals surface area contributed by atoms with Crippen LogP contribution in [-0.2, 0) is 0 Å². The van der Waals surface area contributed by atoms with E-state index in [4.69, 9.17) is 0 Å². The molecule has 1 saturated heterocycles. The normalized spacial score (nSPS) is 13.6. The number of benzene rings is 2. The smallest absolute Gasteiger partial charge is 0.255 e. The topological polar surface area (TPSA) is 58.1 Å². The van der Waals surface area contributed by atoms with E-state index in [1.165, 1.54) is 12.8 Å². The summed E-state index contributed by atoms with van der Waals surface area (Å²) >= 11 is 0.